The first-order chi connectivity index (χ1) is 11.1. The molecular weight excluding hydrogens is 297 g/mol. The summed E-state index contributed by atoms with van der Waals surface area (Å²) < 4.78 is 13.0. The average Bonchev–Trinajstić information content (AvgIpc) is 3.34. The minimum atomic E-state index is -0.807. The van der Waals surface area contributed by atoms with Crippen molar-refractivity contribution in [2.45, 2.75) is 50.5 Å². The summed E-state index contributed by atoms with van der Waals surface area (Å²) in [7, 11) is 0. The number of rotatable bonds is 5. The molecule has 1 amide bonds. The molecule has 1 aromatic rings. The van der Waals surface area contributed by atoms with Gasteiger partial charge in [-0.05, 0) is 55.7 Å². The second-order valence-electron chi connectivity index (χ2n) is 6.61. The maximum absolute atomic E-state index is 13.0. The average molecular weight is 319 g/mol. The molecule has 1 N–H and O–H groups in total. The number of carbonyl (C=O) groups excluding carboxylic acids is 1. The highest BCUT2D eigenvalue weighted by atomic mass is 19.1. The Bertz CT molecular complexity index is 586. The van der Waals surface area contributed by atoms with Crippen LogP contribution in [0.4, 0.5) is 4.39 Å². The normalized spacial score (nSPS) is 26.8. The molecule has 1 heterocycles. The zero-order valence-corrected chi connectivity index (χ0v) is 13.1. The topological polar surface area (TPSA) is 57.6 Å². The summed E-state index contributed by atoms with van der Waals surface area (Å²) >= 11 is 0. The Kier molecular flexibility index (Phi) is 4.64. The fourth-order valence-corrected chi connectivity index (χ4v) is 3.64. The van der Waals surface area contributed by atoms with Crippen LogP contribution in [0.3, 0.4) is 0 Å². The summed E-state index contributed by atoms with van der Waals surface area (Å²) in [6.45, 7) is 0.732. The van der Waals surface area contributed by atoms with Crippen molar-refractivity contribution in [3.63, 3.8) is 0 Å². The zero-order valence-electron chi connectivity index (χ0n) is 13.1. The van der Waals surface area contributed by atoms with Crippen LogP contribution < -0.4 is 0 Å². The third-order valence-electron chi connectivity index (χ3n) is 5.01. The molecular formula is C18H22FNO3. The molecule has 4 nitrogen and oxygen atoms in total. The van der Waals surface area contributed by atoms with Gasteiger partial charge in [0.25, 0.3) is 0 Å². The maximum Gasteiger partial charge on any atom is 0.303 e. The number of halogens is 1. The van der Waals surface area contributed by atoms with Crippen LogP contribution in [-0.4, -0.2) is 34.5 Å². The number of nitrogens with zero attached hydrogens (tertiary/aromatic N) is 1. The van der Waals surface area contributed by atoms with E-state index in [4.69, 9.17) is 5.11 Å². The van der Waals surface area contributed by atoms with E-state index in [9.17, 15) is 14.0 Å². The summed E-state index contributed by atoms with van der Waals surface area (Å²) in [5.41, 5.74) is 1.02. The zero-order chi connectivity index (χ0) is 16.4. The largest absolute Gasteiger partial charge is 0.481 e. The van der Waals surface area contributed by atoms with Crippen molar-refractivity contribution in [2.24, 2.45) is 5.92 Å². The summed E-state index contributed by atoms with van der Waals surface area (Å²) in [6.07, 6.45) is 4.40. The van der Waals surface area contributed by atoms with Gasteiger partial charge in [-0.2, -0.15) is 0 Å². The van der Waals surface area contributed by atoms with Gasteiger partial charge in [0.15, 0.2) is 0 Å². The van der Waals surface area contributed by atoms with Gasteiger partial charge in [0.1, 0.15) is 5.82 Å². The number of carboxylic acids is 1. The van der Waals surface area contributed by atoms with Gasteiger partial charge in [0.05, 0.1) is 0 Å². The van der Waals surface area contributed by atoms with Crippen molar-refractivity contribution in [3.8, 4) is 0 Å². The standard InChI is InChI=1S/C18H22FNO3/c19-13-6-4-12(5-7-13)15-11-16(15)18(23)20-10-2-1-3-14(20)8-9-17(21)22/h4-7,14-16H,1-3,8-11H2,(H,21,22)/t14-,15+,16-/m0/s1. The molecule has 2 fully saturated rings. The Hall–Kier alpha value is -1.91. The highest BCUT2D eigenvalue weighted by Gasteiger charge is 2.47. The third kappa shape index (κ3) is 3.71. The number of aliphatic carboxylic acids is 1. The Labute approximate surface area is 135 Å². The first-order valence-corrected chi connectivity index (χ1v) is 8.34. The predicted octanol–water partition coefficient (Wildman–Crippen LogP) is 3.18. The molecule has 0 radical (unpaired) electrons. The molecule has 124 valence electrons. The molecule has 3 rings (SSSR count). The van der Waals surface area contributed by atoms with Gasteiger partial charge in [-0.3, -0.25) is 9.59 Å². The van der Waals surface area contributed by atoms with Gasteiger partial charge in [0.2, 0.25) is 5.91 Å². The maximum atomic E-state index is 13.0. The van der Waals surface area contributed by atoms with Crippen LogP contribution in [-0.2, 0) is 9.59 Å². The highest BCUT2D eigenvalue weighted by Crippen LogP contribution is 2.49. The number of carboxylic acid groups (broad SMARTS) is 1. The lowest BCUT2D eigenvalue weighted by molar-refractivity contribution is -0.140. The number of carbonyl (C=O) groups is 2. The van der Waals surface area contributed by atoms with E-state index in [0.29, 0.717) is 6.42 Å². The van der Waals surface area contributed by atoms with Crippen LogP contribution in [0.5, 0.6) is 0 Å². The third-order valence-corrected chi connectivity index (χ3v) is 5.01. The second kappa shape index (κ2) is 6.69. The van der Waals surface area contributed by atoms with Crippen molar-refractivity contribution in [3.05, 3.63) is 35.6 Å². The summed E-state index contributed by atoms with van der Waals surface area (Å²) in [5.74, 6) is -0.758. The summed E-state index contributed by atoms with van der Waals surface area (Å²) in [4.78, 5) is 25.5. The monoisotopic (exact) mass is 319 g/mol. The van der Waals surface area contributed by atoms with Crippen molar-refractivity contribution in [1.29, 1.82) is 0 Å². The van der Waals surface area contributed by atoms with Gasteiger partial charge < -0.3 is 10.0 Å². The van der Waals surface area contributed by atoms with E-state index < -0.39 is 5.97 Å². The lowest BCUT2D eigenvalue weighted by Crippen LogP contribution is -2.44. The minimum Gasteiger partial charge on any atom is -0.481 e. The predicted molar refractivity (Wildman–Crippen MR) is 83.5 cm³/mol. The van der Waals surface area contributed by atoms with Crippen LogP contribution in [0.15, 0.2) is 24.3 Å². The van der Waals surface area contributed by atoms with E-state index in [1.807, 2.05) is 4.90 Å². The molecule has 23 heavy (non-hydrogen) atoms. The molecule has 0 bridgehead atoms. The van der Waals surface area contributed by atoms with Crippen molar-refractivity contribution in [2.75, 3.05) is 6.54 Å². The highest BCUT2D eigenvalue weighted by molar-refractivity contribution is 5.83. The summed E-state index contributed by atoms with van der Waals surface area (Å²) in [6, 6.07) is 6.44. The van der Waals surface area contributed by atoms with E-state index in [1.54, 1.807) is 12.1 Å². The van der Waals surface area contributed by atoms with Crippen molar-refractivity contribution in [1.82, 2.24) is 4.90 Å². The fourth-order valence-electron chi connectivity index (χ4n) is 3.64. The number of piperidine rings is 1. The smallest absolute Gasteiger partial charge is 0.303 e. The number of likely N-dealkylation sites (tertiary alicyclic amines) is 1. The molecule has 1 aliphatic carbocycles. The van der Waals surface area contributed by atoms with E-state index in [0.717, 1.165) is 37.8 Å². The fraction of sp³-hybridized carbons (Fsp3) is 0.556. The number of benzene rings is 1. The molecule has 5 heteroatoms. The molecule has 0 spiro atoms. The van der Waals surface area contributed by atoms with Crippen LogP contribution in [0.25, 0.3) is 0 Å². The van der Waals surface area contributed by atoms with Gasteiger partial charge in [-0.25, -0.2) is 4.39 Å². The first kappa shape index (κ1) is 16.0. The number of hydrogen-bond donors (Lipinski definition) is 1. The van der Waals surface area contributed by atoms with Gasteiger partial charge in [0, 0.05) is 24.9 Å². The Morgan fingerprint density at radius 2 is 1.96 bits per heavy atom. The molecule has 0 unspecified atom stereocenters. The SMILES string of the molecule is O=C(O)CC[C@@H]1CCCCN1C(=O)[C@H]1C[C@@H]1c1ccc(F)cc1. The molecule has 1 saturated heterocycles. The molecule has 1 aromatic carbocycles. The van der Waals surface area contributed by atoms with E-state index in [1.165, 1.54) is 12.1 Å². The van der Waals surface area contributed by atoms with Gasteiger partial charge in [-0.1, -0.05) is 12.1 Å². The van der Waals surface area contributed by atoms with Crippen LogP contribution in [0.2, 0.25) is 0 Å². The first-order valence-electron chi connectivity index (χ1n) is 8.34. The number of amides is 1. The molecule has 0 aromatic heterocycles. The van der Waals surface area contributed by atoms with Crippen molar-refractivity contribution >= 4 is 11.9 Å². The van der Waals surface area contributed by atoms with Crippen molar-refractivity contribution < 1.29 is 19.1 Å². The lowest BCUT2D eigenvalue weighted by atomic mass is 9.97. The molecule has 1 aliphatic heterocycles. The minimum absolute atomic E-state index is 0.0223. The Morgan fingerprint density at radius 3 is 2.65 bits per heavy atom. The van der Waals surface area contributed by atoms with Gasteiger partial charge >= 0.3 is 5.97 Å². The molecule has 3 atom stereocenters. The van der Waals surface area contributed by atoms with Crippen LogP contribution in [0, 0.1) is 11.7 Å². The summed E-state index contributed by atoms with van der Waals surface area (Å²) in [5, 5.41) is 8.87. The van der Waals surface area contributed by atoms with Crippen LogP contribution in [0.1, 0.15) is 50.0 Å². The van der Waals surface area contributed by atoms with Crippen LogP contribution >= 0.6 is 0 Å². The van der Waals surface area contributed by atoms with E-state index >= 15 is 0 Å². The Morgan fingerprint density at radius 1 is 1.22 bits per heavy atom. The number of hydrogen-bond acceptors (Lipinski definition) is 2. The van der Waals surface area contributed by atoms with Gasteiger partial charge in [-0.15, -0.1) is 0 Å². The molecule has 2 aliphatic rings. The quantitative estimate of drug-likeness (QED) is 0.907. The Balaban J connectivity index is 1.62. The lowest BCUT2D eigenvalue weighted by Gasteiger charge is -2.36. The second-order valence-corrected chi connectivity index (χ2v) is 6.61. The van der Waals surface area contributed by atoms with E-state index in [2.05, 4.69) is 0 Å². The molecule has 1 saturated carbocycles. The van der Waals surface area contributed by atoms with E-state index in [-0.39, 0.29) is 36.0 Å².